The lowest BCUT2D eigenvalue weighted by Crippen LogP contribution is -2.24. The number of aliphatic hydroxyl groups excluding tert-OH is 1. The molecule has 3 N–H and O–H groups in total. The first-order chi connectivity index (χ1) is 7.25. The molecule has 1 aromatic heterocycles. The van der Waals surface area contributed by atoms with Crippen LogP contribution in [0.2, 0.25) is 0 Å². The molecule has 0 saturated heterocycles. The summed E-state index contributed by atoms with van der Waals surface area (Å²) in [6, 6.07) is 0.265. The van der Waals surface area contributed by atoms with Gasteiger partial charge in [-0.15, -0.1) is 0 Å². The zero-order valence-electron chi connectivity index (χ0n) is 9.29. The summed E-state index contributed by atoms with van der Waals surface area (Å²) in [4.78, 5) is 0. The molecule has 0 spiro atoms. The first-order valence-corrected chi connectivity index (χ1v) is 5.17. The van der Waals surface area contributed by atoms with E-state index in [1.165, 1.54) is 5.56 Å². The van der Waals surface area contributed by atoms with Gasteiger partial charge in [-0.1, -0.05) is 0 Å². The van der Waals surface area contributed by atoms with Crippen molar-refractivity contribution in [3.8, 4) is 0 Å². The second-order valence-corrected chi connectivity index (χ2v) is 3.46. The Morgan fingerprint density at radius 2 is 2.40 bits per heavy atom. The van der Waals surface area contributed by atoms with Gasteiger partial charge in [0.1, 0.15) is 0 Å². The van der Waals surface area contributed by atoms with Crippen molar-refractivity contribution in [1.82, 2.24) is 15.5 Å². The zero-order chi connectivity index (χ0) is 11.1. The van der Waals surface area contributed by atoms with Crippen molar-refractivity contribution in [2.75, 3.05) is 26.4 Å². The van der Waals surface area contributed by atoms with E-state index in [9.17, 15) is 0 Å². The van der Waals surface area contributed by atoms with E-state index in [0.29, 0.717) is 13.2 Å². The lowest BCUT2D eigenvalue weighted by Gasteiger charge is -2.12. The maximum absolute atomic E-state index is 8.50. The van der Waals surface area contributed by atoms with Crippen LogP contribution in [0, 0.1) is 6.92 Å². The lowest BCUT2D eigenvalue weighted by atomic mass is 10.1. The molecule has 86 valence electrons. The third-order valence-electron chi connectivity index (χ3n) is 2.27. The van der Waals surface area contributed by atoms with Gasteiger partial charge in [0.15, 0.2) is 0 Å². The number of H-pyrrole nitrogens is 1. The molecule has 0 bridgehead atoms. The highest BCUT2D eigenvalue weighted by molar-refractivity contribution is 5.18. The molecule has 0 fully saturated rings. The average molecular weight is 213 g/mol. The highest BCUT2D eigenvalue weighted by atomic mass is 16.5. The molecule has 15 heavy (non-hydrogen) atoms. The number of rotatable bonds is 7. The molecular formula is C10H19N3O2. The molecule has 1 heterocycles. The summed E-state index contributed by atoms with van der Waals surface area (Å²) in [7, 11) is 0. The first kappa shape index (κ1) is 12.2. The summed E-state index contributed by atoms with van der Waals surface area (Å²) >= 11 is 0. The molecule has 0 aliphatic rings. The average Bonchev–Trinajstić information content (AvgIpc) is 2.64. The molecular weight excluding hydrogens is 194 g/mol. The molecule has 5 heteroatoms. The van der Waals surface area contributed by atoms with Crippen LogP contribution in [0.1, 0.15) is 24.2 Å². The standard InChI is InChI=1S/C10H19N3O2/c1-8(10-7-12-13-9(10)2)11-3-5-15-6-4-14/h7-8,11,14H,3-6H2,1-2H3,(H,12,13). The number of aromatic nitrogens is 2. The van der Waals surface area contributed by atoms with Crippen molar-refractivity contribution in [2.24, 2.45) is 0 Å². The molecule has 0 saturated carbocycles. The third-order valence-corrected chi connectivity index (χ3v) is 2.27. The normalized spacial score (nSPS) is 13.0. The summed E-state index contributed by atoms with van der Waals surface area (Å²) in [6.07, 6.45) is 1.83. The van der Waals surface area contributed by atoms with Crippen molar-refractivity contribution >= 4 is 0 Å². The van der Waals surface area contributed by atoms with E-state index in [4.69, 9.17) is 9.84 Å². The second kappa shape index (κ2) is 6.55. The minimum absolute atomic E-state index is 0.0798. The fourth-order valence-corrected chi connectivity index (χ4v) is 1.42. The van der Waals surface area contributed by atoms with Crippen molar-refractivity contribution in [3.05, 3.63) is 17.5 Å². The second-order valence-electron chi connectivity index (χ2n) is 3.46. The maximum atomic E-state index is 8.50. The Bertz CT molecular complexity index is 275. The topological polar surface area (TPSA) is 70.2 Å². The number of ether oxygens (including phenoxy) is 1. The van der Waals surface area contributed by atoms with Gasteiger partial charge in [-0.3, -0.25) is 5.10 Å². The van der Waals surface area contributed by atoms with E-state index >= 15 is 0 Å². The van der Waals surface area contributed by atoms with Crippen LogP contribution < -0.4 is 5.32 Å². The van der Waals surface area contributed by atoms with Crippen LogP contribution >= 0.6 is 0 Å². The number of aliphatic hydroxyl groups is 1. The van der Waals surface area contributed by atoms with Gasteiger partial charge in [0.05, 0.1) is 26.0 Å². The van der Waals surface area contributed by atoms with Crippen molar-refractivity contribution < 1.29 is 9.84 Å². The highest BCUT2D eigenvalue weighted by Crippen LogP contribution is 2.13. The minimum atomic E-state index is 0.0798. The molecule has 0 aliphatic heterocycles. The fraction of sp³-hybridized carbons (Fsp3) is 0.700. The summed E-state index contributed by atoms with van der Waals surface area (Å²) in [6.45, 7) is 5.96. The quantitative estimate of drug-likeness (QED) is 0.573. The predicted octanol–water partition coefficient (Wildman–Crippen LogP) is 0.378. The molecule has 0 aliphatic carbocycles. The van der Waals surface area contributed by atoms with E-state index in [0.717, 1.165) is 12.2 Å². The monoisotopic (exact) mass is 213 g/mol. The van der Waals surface area contributed by atoms with E-state index < -0.39 is 0 Å². The predicted molar refractivity (Wildman–Crippen MR) is 57.6 cm³/mol. The SMILES string of the molecule is Cc1[nH]ncc1C(C)NCCOCCO. The van der Waals surface area contributed by atoms with Crippen LogP contribution in [0.3, 0.4) is 0 Å². The molecule has 1 rings (SSSR count). The number of aromatic amines is 1. The van der Waals surface area contributed by atoms with Crippen LogP contribution in [0.15, 0.2) is 6.20 Å². The minimum Gasteiger partial charge on any atom is -0.394 e. The lowest BCUT2D eigenvalue weighted by molar-refractivity contribution is 0.0928. The van der Waals surface area contributed by atoms with Crippen LogP contribution in [0.4, 0.5) is 0 Å². The number of nitrogens with one attached hydrogen (secondary N) is 2. The molecule has 5 nitrogen and oxygen atoms in total. The van der Waals surface area contributed by atoms with Gasteiger partial charge in [0.2, 0.25) is 0 Å². The van der Waals surface area contributed by atoms with Crippen molar-refractivity contribution in [3.63, 3.8) is 0 Å². The Balaban J connectivity index is 2.19. The Morgan fingerprint density at radius 3 is 3.00 bits per heavy atom. The molecule has 1 unspecified atom stereocenters. The molecule has 0 aromatic carbocycles. The largest absolute Gasteiger partial charge is 0.394 e. The van der Waals surface area contributed by atoms with Crippen LogP contribution in [0.25, 0.3) is 0 Å². The Hall–Kier alpha value is -0.910. The fourth-order valence-electron chi connectivity index (χ4n) is 1.42. The number of aryl methyl sites for hydroxylation is 1. The van der Waals surface area contributed by atoms with Gasteiger partial charge in [0, 0.05) is 23.8 Å². The van der Waals surface area contributed by atoms with Gasteiger partial charge < -0.3 is 15.2 Å². The van der Waals surface area contributed by atoms with Crippen LogP contribution in [-0.2, 0) is 4.74 Å². The maximum Gasteiger partial charge on any atom is 0.0698 e. The third kappa shape index (κ3) is 3.99. The van der Waals surface area contributed by atoms with E-state index in [2.05, 4.69) is 22.4 Å². The van der Waals surface area contributed by atoms with Gasteiger partial charge >= 0.3 is 0 Å². The van der Waals surface area contributed by atoms with Gasteiger partial charge in [-0.05, 0) is 13.8 Å². The van der Waals surface area contributed by atoms with Crippen LogP contribution in [-0.4, -0.2) is 41.7 Å². The van der Waals surface area contributed by atoms with Gasteiger partial charge in [-0.25, -0.2) is 0 Å². The molecule has 1 aromatic rings. The van der Waals surface area contributed by atoms with E-state index in [-0.39, 0.29) is 12.6 Å². The van der Waals surface area contributed by atoms with Crippen LogP contribution in [0.5, 0.6) is 0 Å². The molecule has 1 atom stereocenters. The Kier molecular flexibility index (Phi) is 5.31. The van der Waals surface area contributed by atoms with E-state index in [1.807, 2.05) is 13.1 Å². The van der Waals surface area contributed by atoms with Gasteiger partial charge in [-0.2, -0.15) is 5.10 Å². The smallest absolute Gasteiger partial charge is 0.0698 e. The molecule has 0 amide bonds. The Labute approximate surface area is 89.8 Å². The summed E-state index contributed by atoms with van der Waals surface area (Å²) in [5.41, 5.74) is 2.27. The Morgan fingerprint density at radius 1 is 1.60 bits per heavy atom. The highest BCUT2D eigenvalue weighted by Gasteiger charge is 2.08. The van der Waals surface area contributed by atoms with Crippen molar-refractivity contribution in [1.29, 1.82) is 0 Å². The zero-order valence-corrected chi connectivity index (χ0v) is 9.29. The summed E-state index contributed by atoms with van der Waals surface area (Å²) in [5.74, 6) is 0. The molecule has 0 radical (unpaired) electrons. The van der Waals surface area contributed by atoms with Crippen molar-refractivity contribution in [2.45, 2.75) is 19.9 Å². The van der Waals surface area contributed by atoms with Gasteiger partial charge in [0.25, 0.3) is 0 Å². The number of hydrogen-bond donors (Lipinski definition) is 3. The first-order valence-electron chi connectivity index (χ1n) is 5.17. The number of hydrogen-bond acceptors (Lipinski definition) is 4. The van der Waals surface area contributed by atoms with E-state index in [1.54, 1.807) is 0 Å². The summed E-state index contributed by atoms with van der Waals surface area (Å²) < 4.78 is 5.14. The summed E-state index contributed by atoms with van der Waals surface area (Å²) in [5, 5.41) is 18.7. The number of nitrogens with zero attached hydrogens (tertiary/aromatic N) is 1.